The zero-order chi connectivity index (χ0) is 11.6. The summed E-state index contributed by atoms with van der Waals surface area (Å²) in [6, 6.07) is 4.98. The highest BCUT2D eigenvalue weighted by Gasteiger charge is 2.17. The molecule has 0 bridgehead atoms. The van der Waals surface area contributed by atoms with E-state index in [1.54, 1.807) is 19.1 Å². The van der Waals surface area contributed by atoms with Crippen LogP contribution in [-0.4, -0.2) is 18.2 Å². The van der Waals surface area contributed by atoms with Gasteiger partial charge in [-0.2, -0.15) is 0 Å². The Morgan fingerprint density at radius 1 is 1.27 bits per heavy atom. The van der Waals surface area contributed by atoms with Crippen LogP contribution in [-0.2, 0) is 0 Å². The second kappa shape index (κ2) is 4.62. The molecule has 3 heteroatoms. The van der Waals surface area contributed by atoms with Gasteiger partial charge >= 0.3 is 0 Å². The van der Waals surface area contributed by atoms with Crippen molar-refractivity contribution in [2.45, 2.75) is 32.9 Å². The predicted molar refractivity (Wildman–Crippen MR) is 60.6 cm³/mol. The molecule has 0 saturated carbocycles. The Morgan fingerprint density at radius 2 is 1.87 bits per heavy atom. The SMILES string of the molecule is CC(C)N(C)c1c(F)cccc1[C@@H](C)O. The van der Waals surface area contributed by atoms with Gasteiger partial charge in [-0.3, -0.25) is 0 Å². The molecule has 0 spiro atoms. The number of hydrogen-bond acceptors (Lipinski definition) is 2. The Morgan fingerprint density at radius 3 is 2.33 bits per heavy atom. The van der Waals surface area contributed by atoms with Crippen LogP contribution in [0.15, 0.2) is 18.2 Å². The maximum atomic E-state index is 13.7. The van der Waals surface area contributed by atoms with E-state index < -0.39 is 6.10 Å². The topological polar surface area (TPSA) is 23.5 Å². The van der Waals surface area contributed by atoms with Gasteiger partial charge in [0.1, 0.15) is 5.82 Å². The molecule has 0 aromatic heterocycles. The molecule has 0 aliphatic rings. The smallest absolute Gasteiger partial charge is 0.146 e. The number of para-hydroxylation sites is 1. The summed E-state index contributed by atoms with van der Waals surface area (Å²) >= 11 is 0. The minimum atomic E-state index is -0.656. The van der Waals surface area contributed by atoms with Crippen molar-refractivity contribution < 1.29 is 9.50 Å². The van der Waals surface area contributed by atoms with Crippen LogP contribution in [0.5, 0.6) is 0 Å². The van der Waals surface area contributed by atoms with Gasteiger partial charge in [-0.1, -0.05) is 12.1 Å². The molecule has 0 aliphatic heterocycles. The largest absolute Gasteiger partial charge is 0.389 e. The third-order valence-electron chi connectivity index (χ3n) is 2.60. The van der Waals surface area contributed by atoms with E-state index in [0.29, 0.717) is 11.3 Å². The molecule has 0 aliphatic carbocycles. The van der Waals surface area contributed by atoms with Crippen LogP contribution in [0.2, 0.25) is 0 Å². The Hall–Kier alpha value is -1.09. The van der Waals surface area contributed by atoms with Crippen molar-refractivity contribution in [1.82, 2.24) is 0 Å². The molecular formula is C12H18FNO. The van der Waals surface area contributed by atoms with Gasteiger partial charge in [-0.25, -0.2) is 4.39 Å². The van der Waals surface area contributed by atoms with E-state index in [1.807, 2.05) is 25.8 Å². The minimum Gasteiger partial charge on any atom is -0.389 e. The molecule has 0 fully saturated rings. The van der Waals surface area contributed by atoms with Gasteiger partial charge in [0.05, 0.1) is 11.8 Å². The van der Waals surface area contributed by atoms with Gasteiger partial charge in [0.2, 0.25) is 0 Å². The third-order valence-corrected chi connectivity index (χ3v) is 2.60. The summed E-state index contributed by atoms with van der Waals surface area (Å²) in [4.78, 5) is 1.83. The van der Waals surface area contributed by atoms with Gasteiger partial charge in [0.15, 0.2) is 0 Å². The lowest BCUT2D eigenvalue weighted by molar-refractivity contribution is 0.199. The molecule has 15 heavy (non-hydrogen) atoms. The molecule has 1 aromatic carbocycles. The minimum absolute atomic E-state index is 0.194. The Kier molecular flexibility index (Phi) is 3.69. The average Bonchev–Trinajstić information content (AvgIpc) is 2.16. The van der Waals surface area contributed by atoms with Crippen molar-refractivity contribution in [3.05, 3.63) is 29.6 Å². The molecular weight excluding hydrogens is 193 g/mol. The molecule has 0 saturated heterocycles. The summed E-state index contributed by atoms with van der Waals surface area (Å²) in [5.74, 6) is -0.287. The second-order valence-electron chi connectivity index (χ2n) is 4.06. The van der Waals surface area contributed by atoms with Gasteiger partial charge in [-0.05, 0) is 26.8 Å². The summed E-state index contributed by atoms with van der Waals surface area (Å²) in [6.07, 6.45) is -0.656. The van der Waals surface area contributed by atoms with E-state index in [0.717, 1.165) is 0 Å². The molecule has 0 radical (unpaired) electrons. The standard InChI is InChI=1S/C12H18FNO/c1-8(2)14(4)12-10(9(3)15)6-5-7-11(12)13/h5-9,15H,1-4H3/t9-/m1/s1. The molecule has 2 nitrogen and oxygen atoms in total. The second-order valence-corrected chi connectivity index (χ2v) is 4.06. The summed E-state index contributed by atoms with van der Waals surface area (Å²) in [5, 5.41) is 9.57. The lowest BCUT2D eigenvalue weighted by atomic mass is 10.1. The fourth-order valence-corrected chi connectivity index (χ4v) is 1.50. The van der Waals surface area contributed by atoms with Crippen LogP contribution in [0.1, 0.15) is 32.4 Å². The van der Waals surface area contributed by atoms with Crippen molar-refractivity contribution in [3.8, 4) is 0 Å². The molecule has 1 atom stereocenters. The first-order chi connectivity index (χ1) is 6.95. The van der Waals surface area contributed by atoms with Gasteiger partial charge in [-0.15, -0.1) is 0 Å². The van der Waals surface area contributed by atoms with Crippen molar-refractivity contribution in [3.63, 3.8) is 0 Å². The zero-order valence-corrected chi connectivity index (χ0v) is 9.66. The summed E-state index contributed by atoms with van der Waals surface area (Å²) in [5.41, 5.74) is 1.12. The monoisotopic (exact) mass is 211 g/mol. The lowest BCUT2D eigenvalue weighted by Gasteiger charge is -2.27. The quantitative estimate of drug-likeness (QED) is 0.831. The number of halogens is 1. The summed E-state index contributed by atoms with van der Waals surface area (Å²) in [7, 11) is 1.83. The van der Waals surface area contributed by atoms with Crippen molar-refractivity contribution >= 4 is 5.69 Å². The molecule has 1 aromatic rings. The Labute approximate surface area is 90.3 Å². The van der Waals surface area contributed by atoms with Crippen LogP contribution in [0.3, 0.4) is 0 Å². The fraction of sp³-hybridized carbons (Fsp3) is 0.500. The van der Waals surface area contributed by atoms with Crippen LogP contribution in [0, 0.1) is 5.82 Å². The van der Waals surface area contributed by atoms with E-state index in [4.69, 9.17) is 0 Å². The third kappa shape index (κ3) is 2.48. The number of aliphatic hydroxyl groups is 1. The highest BCUT2D eigenvalue weighted by atomic mass is 19.1. The fourth-order valence-electron chi connectivity index (χ4n) is 1.50. The number of aliphatic hydroxyl groups excluding tert-OH is 1. The van der Waals surface area contributed by atoms with E-state index in [9.17, 15) is 9.50 Å². The number of benzene rings is 1. The molecule has 0 unspecified atom stereocenters. The first kappa shape index (κ1) is 12.0. The van der Waals surface area contributed by atoms with Gasteiger partial charge in [0, 0.05) is 18.7 Å². The Bertz CT molecular complexity index is 336. The maximum Gasteiger partial charge on any atom is 0.146 e. The lowest BCUT2D eigenvalue weighted by Crippen LogP contribution is -2.28. The highest BCUT2D eigenvalue weighted by Crippen LogP contribution is 2.29. The van der Waals surface area contributed by atoms with Crippen molar-refractivity contribution in [2.24, 2.45) is 0 Å². The number of rotatable bonds is 3. The average molecular weight is 211 g/mol. The summed E-state index contributed by atoms with van der Waals surface area (Å²) in [6.45, 7) is 5.61. The van der Waals surface area contributed by atoms with Crippen LogP contribution >= 0.6 is 0 Å². The van der Waals surface area contributed by atoms with Crippen LogP contribution in [0.25, 0.3) is 0 Å². The number of anilines is 1. The molecule has 0 heterocycles. The molecule has 1 rings (SSSR count). The van der Waals surface area contributed by atoms with E-state index in [2.05, 4.69) is 0 Å². The number of nitrogens with zero attached hydrogens (tertiary/aromatic N) is 1. The molecule has 1 N–H and O–H groups in total. The van der Waals surface area contributed by atoms with Gasteiger partial charge in [0.25, 0.3) is 0 Å². The van der Waals surface area contributed by atoms with E-state index >= 15 is 0 Å². The maximum absolute atomic E-state index is 13.7. The van der Waals surface area contributed by atoms with Crippen molar-refractivity contribution in [1.29, 1.82) is 0 Å². The van der Waals surface area contributed by atoms with E-state index in [1.165, 1.54) is 6.07 Å². The normalized spacial score (nSPS) is 13.0. The Balaban J connectivity index is 3.24. The van der Waals surface area contributed by atoms with Gasteiger partial charge < -0.3 is 10.0 Å². The molecule has 84 valence electrons. The van der Waals surface area contributed by atoms with E-state index in [-0.39, 0.29) is 11.9 Å². The first-order valence-electron chi connectivity index (χ1n) is 5.14. The molecule has 0 amide bonds. The first-order valence-corrected chi connectivity index (χ1v) is 5.14. The van der Waals surface area contributed by atoms with Crippen LogP contribution in [0.4, 0.5) is 10.1 Å². The predicted octanol–water partition coefficient (Wildman–Crippen LogP) is 2.72. The van der Waals surface area contributed by atoms with Crippen LogP contribution < -0.4 is 4.90 Å². The summed E-state index contributed by atoms with van der Waals surface area (Å²) < 4.78 is 13.7. The van der Waals surface area contributed by atoms with Crippen molar-refractivity contribution in [2.75, 3.05) is 11.9 Å². The zero-order valence-electron chi connectivity index (χ0n) is 9.66. The highest BCUT2D eigenvalue weighted by molar-refractivity contribution is 5.55. The number of hydrogen-bond donors (Lipinski definition) is 1.